The summed E-state index contributed by atoms with van der Waals surface area (Å²) in [6.07, 6.45) is -3.41. The summed E-state index contributed by atoms with van der Waals surface area (Å²) in [5.74, 6) is -4.49. The zero-order valence-corrected chi connectivity index (χ0v) is 14.5. The molecule has 1 aromatic heterocycles. The van der Waals surface area contributed by atoms with E-state index < -0.39 is 35.3 Å². The van der Waals surface area contributed by atoms with E-state index in [0.29, 0.717) is 5.56 Å². The summed E-state index contributed by atoms with van der Waals surface area (Å²) in [4.78, 5) is 34.7. The molecule has 2 aromatic carbocycles. The molecular formula is C19H14O10. The minimum Gasteiger partial charge on any atom is -0.508 e. The lowest BCUT2D eigenvalue weighted by Gasteiger charge is -2.18. The molecule has 29 heavy (non-hydrogen) atoms. The van der Waals surface area contributed by atoms with E-state index in [9.17, 15) is 29.7 Å². The number of fused-ring (bicyclic) bond motifs is 1. The Morgan fingerprint density at radius 1 is 1.00 bits per heavy atom. The third-order valence-corrected chi connectivity index (χ3v) is 4.05. The molecule has 3 aromatic rings. The molecule has 0 fully saturated rings. The number of aromatic hydroxyl groups is 2. The second-order valence-electron chi connectivity index (χ2n) is 6.00. The molecule has 2 atom stereocenters. The first kappa shape index (κ1) is 19.7. The van der Waals surface area contributed by atoms with Gasteiger partial charge in [0.15, 0.2) is 6.10 Å². The highest BCUT2D eigenvalue weighted by Gasteiger charge is 2.34. The molecule has 0 spiro atoms. The van der Waals surface area contributed by atoms with E-state index in [-0.39, 0.29) is 28.0 Å². The first-order valence-corrected chi connectivity index (χ1v) is 8.07. The van der Waals surface area contributed by atoms with Crippen LogP contribution in [-0.4, -0.2) is 49.7 Å². The second-order valence-corrected chi connectivity index (χ2v) is 6.00. The van der Waals surface area contributed by atoms with Crippen molar-refractivity contribution in [2.75, 3.05) is 0 Å². The van der Waals surface area contributed by atoms with E-state index >= 15 is 0 Å². The minimum atomic E-state index is -2.37. The van der Waals surface area contributed by atoms with Crippen molar-refractivity contribution in [2.45, 2.75) is 12.2 Å². The Labute approximate surface area is 161 Å². The van der Waals surface area contributed by atoms with Crippen molar-refractivity contribution >= 4 is 22.9 Å². The minimum absolute atomic E-state index is 0.0000906. The van der Waals surface area contributed by atoms with Gasteiger partial charge in [-0.1, -0.05) is 12.1 Å². The van der Waals surface area contributed by atoms with Gasteiger partial charge in [-0.2, -0.15) is 0 Å². The number of carboxylic acid groups (broad SMARTS) is 2. The van der Waals surface area contributed by atoms with Gasteiger partial charge >= 0.3 is 11.9 Å². The fourth-order valence-corrected chi connectivity index (χ4v) is 2.64. The number of aliphatic hydroxyl groups is 1. The second kappa shape index (κ2) is 7.52. The van der Waals surface area contributed by atoms with Crippen molar-refractivity contribution in [3.05, 3.63) is 52.9 Å². The molecule has 1 heterocycles. The van der Waals surface area contributed by atoms with Gasteiger partial charge in [-0.3, -0.25) is 4.79 Å². The van der Waals surface area contributed by atoms with Crippen molar-refractivity contribution in [1.82, 2.24) is 0 Å². The number of rotatable bonds is 6. The van der Waals surface area contributed by atoms with Crippen LogP contribution in [0.15, 0.2) is 51.9 Å². The van der Waals surface area contributed by atoms with Crippen molar-refractivity contribution in [3.63, 3.8) is 0 Å². The van der Waals surface area contributed by atoms with Gasteiger partial charge in [-0.15, -0.1) is 0 Å². The van der Waals surface area contributed by atoms with Crippen LogP contribution in [0.5, 0.6) is 17.2 Å². The standard InChI is InChI=1S/C19H14O10/c20-9-3-1-8(2-4-9)11-7-28-13-6-10(5-12(21)14(13)15(11)22)29-17(19(26)27)16(23)18(24)25/h1-7,16-17,20-21,23H,(H,24,25)(H,26,27)/t16-,17+/m0/s1. The summed E-state index contributed by atoms with van der Waals surface area (Å²) in [6.45, 7) is 0. The van der Waals surface area contributed by atoms with Gasteiger partial charge in [0.1, 0.15) is 34.5 Å². The van der Waals surface area contributed by atoms with E-state index in [1.807, 2.05) is 0 Å². The SMILES string of the molecule is O=C(O)[C@@H](O)[C@@H](Oc1cc(O)c2c(=O)c(-c3ccc(O)cc3)coc2c1)C(=O)O. The summed E-state index contributed by atoms with van der Waals surface area (Å²) >= 11 is 0. The van der Waals surface area contributed by atoms with Gasteiger partial charge in [-0.25, -0.2) is 9.59 Å². The van der Waals surface area contributed by atoms with E-state index in [4.69, 9.17) is 19.4 Å². The van der Waals surface area contributed by atoms with Gasteiger partial charge in [0.2, 0.25) is 11.5 Å². The molecule has 10 heteroatoms. The zero-order valence-electron chi connectivity index (χ0n) is 14.5. The summed E-state index contributed by atoms with van der Waals surface area (Å²) < 4.78 is 10.3. The van der Waals surface area contributed by atoms with Crippen LogP contribution in [0.25, 0.3) is 22.1 Å². The van der Waals surface area contributed by atoms with Crippen LogP contribution >= 0.6 is 0 Å². The molecule has 0 amide bonds. The molecule has 0 saturated carbocycles. The van der Waals surface area contributed by atoms with E-state index in [2.05, 4.69) is 0 Å². The first-order valence-electron chi connectivity index (χ1n) is 8.07. The monoisotopic (exact) mass is 402 g/mol. The van der Waals surface area contributed by atoms with Gasteiger partial charge in [0.05, 0.1) is 5.56 Å². The highest BCUT2D eigenvalue weighted by Crippen LogP contribution is 2.31. The van der Waals surface area contributed by atoms with E-state index in [0.717, 1.165) is 18.4 Å². The Morgan fingerprint density at radius 2 is 1.66 bits per heavy atom. The topological polar surface area (TPSA) is 175 Å². The third-order valence-electron chi connectivity index (χ3n) is 4.05. The highest BCUT2D eigenvalue weighted by molar-refractivity contribution is 5.88. The fourth-order valence-electron chi connectivity index (χ4n) is 2.64. The first-order chi connectivity index (χ1) is 13.7. The van der Waals surface area contributed by atoms with E-state index in [1.54, 1.807) is 0 Å². The van der Waals surface area contributed by atoms with E-state index in [1.165, 1.54) is 24.3 Å². The number of benzene rings is 2. The molecule has 0 aliphatic carbocycles. The smallest absolute Gasteiger partial charge is 0.348 e. The number of phenols is 2. The molecule has 5 N–H and O–H groups in total. The lowest BCUT2D eigenvalue weighted by molar-refractivity contribution is -0.163. The Morgan fingerprint density at radius 3 is 2.24 bits per heavy atom. The van der Waals surface area contributed by atoms with Crippen LogP contribution in [0.2, 0.25) is 0 Å². The molecule has 0 aliphatic heterocycles. The number of phenolic OH excluding ortho intramolecular Hbond substituents is 2. The summed E-state index contributed by atoms with van der Waals surface area (Å²) in [5, 5.41) is 46.7. The quantitative estimate of drug-likeness (QED) is 0.402. The van der Waals surface area contributed by atoms with Gasteiger partial charge < -0.3 is 34.7 Å². The van der Waals surface area contributed by atoms with Crippen molar-refractivity contribution in [3.8, 4) is 28.4 Å². The summed E-state index contributed by atoms with van der Waals surface area (Å²) in [7, 11) is 0. The number of hydrogen-bond donors (Lipinski definition) is 5. The molecule has 0 saturated heterocycles. The highest BCUT2D eigenvalue weighted by atomic mass is 16.5. The Bertz CT molecular complexity index is 1150. The van der Waals surface area contributed by atoms with Crippen LogP contribution in [0.4, 0.5) is 0 Å². The fraction of sp³-hybridized carbons (Fsp3) is 0.105. The normalized spacial score (nSPS) is 13.0. The zero-order chi connectivity index (χ0) is 21.3. The van der Waals surface area contributed by atoms with Crippen molar-refractivity contribution < 1.29 is 44.3 Å². The molecule has 0 unspecified atom stereocenters. The van der Waals surface area contributed by atoms with Gasteiger partial charge in [-0.05, 0) is 17.7 Å². The molecule has 0 radical (unpaired) electrons. The predicted octanol–water partition coefficient (Wildman–Crippen LogP) is 1.15. The average Bonchev–Trinajstić information content (AvgIpc) is 2.66. The van der Waals surface area contributed by atoms with Gasteiger partial charge in [0.25, 0.3) is 0 Å². The summed E-state index contributed by atoms with van der Waals surface area (Å²) in [5.41, 5.74) is -0.220. The lowest BCUT2D eigenvalue weighted by atomic mass is 10.0. The van der Waals surface area contributed by atoms with Crippen LogP contribution in [0.3, 0.4) is 0 Å². The van der Waals surface area contributed by atoms with Gasteiger partial charge in [0, 0.05) is 12.1 Å². The largest absolute Gasteiger partial charge is 0.508 e. The molecule has 3 rings (SSSR count). The molecule has 150 valence electrons. The van der Waals surface area contributed by atoms with Crippen molar-refractivity contribution in [2.24, 2.45) is 0 Å². The Hall–Kier alpha value is -4.05. The molecule has 0 aliphatic rings. The van der Waals surface area contributed by atoms with Crippen LogP contribution in [-0.2, 0) is 9.59 Å². The number of aliphatic hydroxyl groups excluding tert-OH is 1. The summed E-state index contributed by atoms with van der Waals surface area (Å²) in [6, 6.07) is 7.69. The molecular weight excluding hydrogens is 388 g/mol. The lowest BCUT2D eigenvalue weighted by Crippen LogP contribution is -2.43. The molecule has 0 bridgehead atoms. The maximum atomic E-state index is 12.7. The molecule has 10 nitrogen and oxygen atoms in total. The van der Waals surface area contributed by atoms with Crippen molar-refractivity contribution in [1.29, 1.82) is 0 Å². The number of carbonyl (C=O) groups is 2. The maximum Gasteiger partial charge on any atom is 0.348 e. The number of carboxylic acids is 2. The Balaban J connectivity index is 2.05. The number of ether oxygens (including phenoxy) is 1. The third kappa shape index (κ3) is 3.82. The van der Waals surface area contributed by atoms with Crippen LogP contribution in [0, 0.1) is 0 Å². The van der Waals surface area contributed by atoms with Crippen LogP contribution < -0.4 is 10.2 Å². The number of aliphatic carboxylic acids is 2. The number of hydrogen-bond acceptors (Lipinski definition) is 8. The average molecular weight is 402 g/mol. The maximum absolute atomic E-state index is 12.7. The van der Waals surface area contributed by atoms with Crippen LogP contribution in [0.1, 0.15) is 0 Å². The predicted molar refractivity (Wildman–Crippen MR) is 96.9 cm³/mol. The Kier molecular flexibility index (Phi) is 5.11.